The minimum absolute atomic E-state index is 0. The molecule has 136 valence electrons. The summed E-state index contributed by atoms with van der Waals surface area (Å²) in [5.74, 6) is 1.77. The van der Waals surface area contributed by atoms with E-state index in [1.165, 1.54) is 48.5 Å². The second-order valence-corrected chi connectivity index (χ2v) is 8.37. The Balaban J connectivity index is 0.00000144. The third-order valence-corrected chi connectivity index (χ3v) is 6.34. The summed E-state index contributed by atoms with van der Waals surface area (Å²) >= 11 is 3.70. The van der Waals surface area contributed by atoms with Gasteiger partial charge >= 0.3 is 0 Å². The van der Waals surface area contributed by atoms with Gasteiger partial charge in [-0.25, -0.2) is 0 Å². The van der Waals surface area contributed by atoms with Crippen molar-refractivity contribution in [1.82, 2.24) is 10.6 Å². The zero-order valence-electron chi connectivity index (χ0n) is 13.9. The summed E-state index contributed by atoms with van der Waals surface area (Å²) in [6.45, 7) is 4.46. The summed E-state index contributed by atoms with van der Waals surface area (Å²) in [4.78, 5) is 2.90. The SMILES string of the molecule is Cl.Cl.c1csc(CNCC2CCC(CNCc3cccs3)CC2)c1. The van der Waals surface area contributed by atoms with E-state index in [2.05, 4.69) is 45.7 Å². The first kappa shape index (κ1) is 21.9. The van der Waals surface area contributed by atoms with Crippen molar-refractivity contribution in [3.8, 4) is 0 Å². The molecule has 2 aromatic rings. The van der Waals surface area contributed by atoms with Crippen molar-refractivity contribution >= 4 is 47.5 Å². The number of rotatable bonds is 8. The average molecular weight is 407 g/mol. The fourth-order valence-electron chi connectivity index (χ4n) is 3.27. The zero-order valence-corrected chi connectivity index (χ0v) is 17.2. The predicted molar refractivity (Wildman–Crippen MR) is 112 cm³/mol. The van der Waals surface area contributed by atoms with E-state index in [0.717, 1.165) is 24.9 Å². The van der Waals surface area contributed by atoms with Gasteiger partial charge in [-0.05, 0) is 73.5 Å². The Hall–Kier alpha value is -0.100. The van der Waals surface area contributed by atoms with Crippen molar-refractivity contribution in [2.75, 3.05) is 13.1 Å². The molecule has 0 spiro atoms. The topological polar surface area (TPSA) is 24.1 Å². The Morgan fingerprint density at radius 3 is 1.50 bits per heavy atom. The van der Waals surface area contributed by atoms with Gasteiger partial charge in [0.1, 0.15) is 0 Å². The average Bonchev–Trinajstić information content (AvgIpc) is 3.22. The van der Waals surface area contributed by atoms with E-state index in [9.17, 15) is 0 Å². The van der Waals surface area contributed by atoms with Gasteiger partial charge < -0.3 is 10.6 Å². The fourth-order valence-corrected chi connectivity index (χ4v) is 4.61. The fraction of sp³-hybridized carbons (Fsp3) is 0.556. The molecule has 6 heteroatoms. The van der Waals surface area contributed by atoms with E-state index in [-0.39, 0.29) is 24.8 Å². The summed E-state index contributed by atoms with van der Waals surface area (Å²) < 4.78 is 0. The summed E-state index contributed by atoms with van der Waals surface area (Å²) in [5, 5.41) is 11.6. The van der Waals surface area contributed by atoms with Gasteiger partial charge in [-0.15, -0.1) is 47.5 Å². The van der Waals surface area contributed by atoms with Crippen molar-refractivity contribution in [1.29, 1.82) is 0 Å². The molecule has 2 nitrogen and oxygen atoms in total. The van der Waals surface area contributed by atoms with Crippen LogP contribution in [-0.2, 0) is 13.1 Å². The van der Waals surface area contributed by atoms with Crippen LogP contribution in [-0.4, -0.2) is 13.1 Å². The summed E-state index contributed by atoms with van der Waals surface area (Å²) in [5.41, 5.74) is 0. The Bertz CT molecular complexity index is 461. The Morgan fingerprint density at radius 2 is 1.17 bits per heavy atom. The first-order valence-electron chi connectivity index (χ1n) is 8.36. The van der Waals surface area contributed by atoms with Gasteiger partial charge in [0.25, 0.3) is 0 Å². The van der Waals surface area contributed by atoms with Crippen LogP contribution in [0.4, 0.5) is 0 Å². The lowest BCUT2D eigenvalue weighted by Gasteiger charge is -2.28. The normalized spacial score (nSPS) is 20.2. The van der Waals surface area contributed by atoms with Gasteiger partial charge in [-0.2, -0.15) is 0 Å². The van der Waals surface area contributed by atoms with Crippen LogP contribution in [0.1, 0.15) is 35.4 Å². The number of hydrogen-bond donors (Lipinski definition) is 2. The second-order valence-electron chi connectivity index (χ2n) is 6.31. The molecule has 0 aromatic carbocycles. The molecular formula is C18H28Cl2N2S2. The number of thiophene rings is 2. The zero-order chi connectivity index (χ0) is 15.0. The Labute approximate surface area is 166 Å². The van der Waals surface area contributed by atoms with Crippen LogP contribution >= 0.6 is 47.5 Å². The lowest BCUT2D eigenvalue weighted by molar-refractivity contribution is 0.261. The van der Waals surface area contributed by atoms with Crippen LogP contribution in [0.15, 0.2) is 35.0 Å². The molecule has 3 rings (SSSR count). The number of hydrogen-bond acceptors (Lipinski definition) is 4. The van der Waals surface area contributed by atoms with Crippen LogP contribution in [0, 0.1) is 11.8 Å². The van der Waals surface area contributed by atoms with Gasteiger partial charge in [-0.1, -0.05) is 12.1 Å². The van der Waals surface area contributed by atoms with Crippen LogP contribution in [0.2, 0.25) is 0 Å². The predicted octanol–water partition coefficient (Wildman–Crippen LogP) is 5.34. The van der Waals surface area contributed by atoms with E-state index in [1.54, 1.807) is 0 Å². The minimum Gasteiger partial charge on any atom is -0.312 e. The third-order valence-electron chi connectivity index (χ3n) is 4.59. The van der Waals surface area contributed by atoms with Crippen molar-refractivity contribution in [3.05, 3.63) is 44.8 Å². The molecule has 1 fully saturated rings. The first-order chi connectivity index (χ1) is 10.9. The number of nitrogens with one attached hydrogen (secondary N) is 2. The summed E-state index contributed by atoms with van der Waals surface area (Å²) in [7, 11) is 0. The molecule has 0 unspecified atom stereocenters. The molecule has 0 aliphatic heterocycles. The minimum atomic E-state index is 0. The third kappa shape index (κ3) is 7.42. The molecule has 1 saturated carbocycles. The van der Waals surface area contributed by atoms with Crippen molar-refractivity contribution in [3.63, 3.8) is 0 Å². The Kier molecular flexibility index (Phi) is 11.2. The van der Waals surface area contributed by atoms with Gasteiger partial charge in [0.15, 0.2) is 0 Å². The molecule has 0 radical (unpaired) electrons. The van der Waals surface area contributed by atoms with E-state index in [0.29, 0.717) is 0 Å². The molecule has 2 aromatic heterocycles. The van der Waals surface area contributed by atoms with Gasteiger partial charge in [0.05, 0.1) is 0 Å². The molecule has 2 heterocycles. The maximum atomic E-state index is 3.63. The molecule has 0 saturated heterocycles. The molecule has 0 atom stereocenters. The highest BCUT2D eigenvalue weighted by atomic mass is 35.5. The van der Waals surface area contributed by atoms with E-state index in [1.807, 2.05) is 22.7 Å². The van der Waals surface area contributed by atoms with E-state index < -0.39 is 0 Å². The van der Waals surface area contributed by atoms with Gasteiger partial charge in [0.2, 0.25) is 0 Å². The molecule has 0 bridgehead atoms. The highest BCUT2D eigenvalue weighted by molar-refractivity contribution is 7.10. The van der Waals surface area contributed by atoms with Crippen molar-refractivity contribution in [2.24, 2.45) is 11.8 Å². The molecule has 24 heavy (non-hydrogen) atoms. The van der Waals surface area contributed by atoms with Crippen LogP contribution in [0.25, 0.3) is 0 Å². The summed E-state index contributed by atoms with van der Waals surface area (Å²) in [6.07, 6.45) is 5.57. The lowest BCUT2D eigenvalue weighted by atomic mass is 9.82. The van der Waals surface area contributed by atoms with Gasteiger partial charge in [-0.3, -0.25) is 0 Å². The highest BCUT2D eigenvalue weighted by Gasteiger charge is 2.20. The maximum Gasteiger partial charge on any atom is 0.0299 e. The molecule has 2 N–H and O–H groups in total. The smallest absolute Gasteiger partial charge is 0.0299 e. The standard InChI is InChI=1S/C18H26N2S2.2ClH/c1-3-17(21-9-1)13-19-11-15-5-7-16(8-6-15)12-20-14-18-4-2-10-22-18;;/h1-4,9-10,15-16,19-20H,5-8,11-14H2;2*1H. The highest BCUT2D eigenvalue weighted by Crippen LogP contribution is 2.28. The first-order valence-corrected chi connectivity index (χ1v) is 10.1. The van der Waals surface area contributed by atoms with Crippen LogP contribution in [0.5, 0.6) is 0 Å². The van der Waals surface area contributed by atoms with Crippen molar-refractivity contribution < 1.29 is 0 Å². The molecule has 1 aliphatic carbocycles. The van der Waals surface area contributed by atoms with Crippen LogP contribution < -0.4 is 10.6 Å². The monoisotopic (exact) mass is 406 g/mol. The van der Waals surface area contributed by atoms with Crippen LogP contribution in [0.3, 0.4) is 0 Å². The maximum absolute atomic E-state index is 3.63. The van der Waals surface area contributed by atoms with E-state index >= 15 is 0 Å². The summed E-state index contributed by atoms with van der Waals surface area (Å²) in [6, 6.07) is 8.70. The lowest BCUT2D eigenvalue weighted by Crippen LogP contribution is -2.30. The Morgan fingerprint density at radius 1 is 0.750 bits per heavy atom. The number of halogens is 2. The van der Waals surface area contributed by atoms with Gasteiger partial charge in [0, 0.05) is 22.8 Å². The van der Waals surface area contributed by atoms with Crippen molar-refractivity contribution in [2.45, 2.75) is 38.8 Å². The molecule has 1 aliphatic rings. The van der Waals surface area contributed by atoms with E-state index in [4.69, 9.17) is 0 Å². The molecule has 0 amide bonds. The second kappa shape index (κ2) is 12.3. The quantitative estimate of drug-likeness (QED) is 0.617. The largest absolute Gasteiger partial charge is 0.312 e. The molecular weight excluding hydrogens is 379 g/mol.